The topological polar surface area (TPSA) is 12.5 Å². The Bertz CT molecular complexity index is 203. The SMILES string of the molecule is CC(C)OCCN1CC2C(C1)C2C(C)C. The lowest BCUT2D eigenvalue weighted by Crippen LogP contribution is -2.29. The molecule has 15 heavy (non-hydrogen) atoms. The third kappa shape index (κ3) is 2.54. The third-order valence-corrected chi connectivity index (χ3v) is 3.96. The minimum absolute atomic E-state index is 0.380. The van der Waals surface area contributed by atoms with Crippen molar-refractivity contribution in [1.29, 1.82) is 0 Å². The number of likely N-dealkylation sites (tertiary alicyclic amines) is 1. The van der Waals surface area contributed by atoms with Crippen molar-refractivity contribution in [2.75, 3.05) is 26.2 Å². The van der Waals surface area contributed by atoms with Crippen LogP contribution in [0.15, 0.2) is 0 Å². The molecule has 0 aromatic carbocycles. The molecule has 1 aliphatic carbocycles. The van der Waals surface area contributed by atoms with E-state index < -0.39 is 0 Å². The molecule has 2 unspecified atom stereocenters. The van der Waals surface area contributed by atoms with Crippen LogP contribution in [0.3, 0.4) is 0 Å². The predicted octanol–water partition coefficient (Wildman–Crippen LogP) is 2.25. The number of ether oxygens (including phenoxy) is 1. The minimum Gasteiger partial charge on any atom is -0.377 e. The molecule has 1 saturated carbocycles. The van der Waals surface area contributed by atoms with E-state index in [4.69, 9.17) is 4.74 Å². The van der Waals surface area contributed by atoms with Gasteiger partial charge in [-0.2, -0.15) is 0 Å². The molecule has 2 atom stereocenters. The molecule has 0 amide bonds. The largest absolute Gasteiger partial charge is 0.377 e. The van der Waals surface area contributed by atoms with Crippen LogP contribution in [0.4, 0.5) is 0 Å². The van der Waals surface area contributed by atoms with Crippen molar-refractivity contribution in [2.24, 2.45) is 23.7 Å². The van der Waals surface area contributed by atoms with Gasteiger partial charge in [-0.3, -0.25) is 0 Å². The summed E-state index contributed by atoms with van der Waals surface area (Å²) in [5, 5.41) is 0. The molecule has 2 fully saturated rings. The van der Waals surface area contributed by atoms with Crippen molar-refractivity contribution < 1.29 is 4.74 Å². The molecular formula is C13H25NO. The van der Waals surface area contributed by atoms with Gasteiger partial charge in [-0.05, 0) is 37.5 Å². The molecule has 1 aliphatic heterocycles. The summed E-state index contributed by atoms with van der Waals surface area (Å²) < 4.78 is 5.59. The van der Waals surface area contributed by atoms with Crippen LogP contribution >= 0.6 is 0 Å². The Balaban J connectivity index is 1.62. The summed E-state index contributed by atoms with van der Waals surface area (Å²) in [6.45, 7) is 13.7. The zero-order valence-electron chi connectivity index (χ0n) is 10.6. The van der Waals surface area contributed by atoms with Crippen LogP contribution < -0.4 is 0 Å². The monoisotopic (exact) mass is 211 g/mol. The van der Waals surface area contributed by atoms with Crippen molar-refractivity contribution in [3.8, 4) is 0 Å². The van der Waals surface area contributed by atoms with Crippen molar-refractivity contribution in [3.63, 3.8) is 0 Å². The van der Waals surface area contributed by atoms with E-state index in [-0.39, 0.29) is 0 Å². The summed E-state index contributed by atoms with van der Waals surface area (Å²) >= 11 is 0. The van der Waals surface area contributed by atoms with E-state index in [9.17, 15) is 0 Å². The van der Waals surface area contributed by atoms with Crippen molar-refractivity contribution in [3.05, 3.63) is 0 Å². The van der Waals surface area contributed by atoms with Crippen molar-refractivity contribution in [1.82, 2.24) is 4.90 Å². The molecule has 2 heteroatoms. The normalized spacial score (nSPS) is 35.2. The Morgan fingerprint density at radius 3 is 2.20 bits per heavy atom. The Morgan fingerprint density at radius 1 is 1.13 bits per heavy atom. The number of hydrogen-bond donors (Lipinski definition) is 0. The standard InChI is InChI=1S/C13H25NO/c1-9(2)13-11-7-14(8-12(11)13)5-6-15-10(3)4/h9-13H,5-8H2,1-4H3. The first-order valence-electron chi connectivity index (χ1n) is 6.43. The van der Waals surface area contributed by atoms with Gasteiger partial charge >= 0.3 is 0 Å². The Kier molecular flexibility index (Phi) is 3.36. The maximum Gasteiger partial charge on any atom is 0.0596 e. The lowest BCUT2D eigenvalue weighted by molar-refractivity contribution is 0.0601. The fourth-order valence-corrected chi connectivity index (χ4v) is 3.25. The highest BCUT2D eigenvalue weighted by Crippen LogP contribution is 2.55. The summed E-state index contributed by atoms with van der Waals surface area (Å²) in [7, 11) is 0. The zero-order valence-corrected chi connectivity index (χ0v) is 10.6. The van der Waals surface area contributed by atoms with Crippen molar-refractivity contribution >= 4 is 0 Å². The van der Waals surface area contributed by atoms with E-state index in [2.05, 4.69) is 32.6 Å². The number of nitrogens with zero attached hydrogens (tertiary/aromatic N) is 1. The van der Waals surface area contributed by atoms with Crippen LogP contribution in [-0.4, -0.2) is 37.2 Å². The van der Waals surface area contributed by atoms with Gasteiger partial charge in [0.05, 0.1) is 12.7 Å². The fraction of sp³-hybridized carbons (Fsp3) is 1.00. The fourth-order valence-electron chi connectivity index (χ4n) is 3.25. The maximum absolute atomic E-state index is 5.59. The van der Waals surface area contributed by atoms with Crippen LogP contribution in [0, 0.1) is 23.7 Å². The molecule has 2 rings (SSSR count). The number of hydrogen-bond acceptors (Lipinski definition) is 2. The van der Waals surface area contributed by atoms with Gasteiger partial charge in [0.25, 0.3) is 0 Å². The summed E-state index contributed by atoms with van der Waals surface area (Å²) in [5.74, 6) is 3.97. The number of rotatable bonds is 5. The second kappa shape index (κ2) is 4.42. The number of piperidine rings is 1. The van der Waals surface area contributed by atoms with Crippen LogP contribution in [0.1, 0.15) is 27.7 Å². The van der Waals surface area contributed by atoms with Crippen LogP contribution in [-0.2, 0) is 4.74 Å². The zero-order chi connectivity index (χ0) is 11.0. The summed E-state index contributed by atoms with van der Waals surface area (Å²) in [5.41, 5.74) is 0. The second-order valence-corrected chi connectivity index (χ2v) is 5.83. The average molecular weight is 211 g/mol. The highest BCUT2D eigenvalue weighted by atomic mass is 16.5. The molecule has 2 nitrogen and oxygen atoms in total. The van der Waals surface area contributed by atoms with E-state index in [1.165, 1.54) is 13.1 Å². The first-order chi connectivity index (χ1) is 7.09. The molecule has 0 spiro atoms. The summed E-state index contributed by atoms with van der Waals surface area (Å²) in [4.78, 5) is 2.58. The van der Waals surface area contributed by atoms with Gasteiger partial charge in [0.15, 0.2) is 0 Å². The summed E-state index contributed by atoms with van der Waals surface area (Å²) in [6.07, 6.45) is 0.380. The Morgan fingerprint density at radius 2 is 1.73 bits per heavy atom. The molecule has 0 N–H and O–H groups in total. The number of fused-ring (bicyclic) bond motifs is 1. The van der Waals surface area contributed by atoms with Gasteiger partial charge in [-0.15, -0.1) is 0 Å². The molecule has 0 radical (unpaired) electrons. The molecule has 1 saturated heterocycles. The first-order valence-corrected chi connectivity index (χ1v) is 6.43. The average Bonchev–Trinajstić information content (AvgIpc) is 2.64. The van der Waals surface area contributed by atoms with Crippen LogP contribution in [0.5, 0.6) is 0 Å². The minimum atomic E-state index is 0.380. The Labute approximate surface area is 94.0 Å². The molecule has 1 heterocycles. The van der Waals surface area contributed by atoms with Gasteiger partial charge in [-0.1, -0.05) is 13.8 Å². The Hall–Kier alpha value is -0.0800. The van der Waals surface area contributed by atoms with E-state index >= 15 is 0 Å². The van der Waals surface area contributed by atoms with Crippen molar-refractivity contribution in [2.45, 2.75) is 33.8 Å². The first kappa shape index (κ1) is 11.4. The van der Waals surface area contributed by atoms with Gasteiger partial charge in [0.1, 0.15) is 0 Å². The highest BCUT2D eigenvalue weighted by molar-refractivity contribution is 5.05. The van der Waals surface area contributed by atoms with Gasteiger partial charge in [0, 0.05) is 19.6 Å². The van der Waals surface area contributed by atoms with Crippen LogP contribution in [0.25, 0.3) is 0 Å². The van der Waals surface area contributed by atoms with Gasteiger partial charge < -0.3 is 9.64 Å². The third-order valence-electron chi connectivity index (χ3n) is 3.96. The van der Waals surface area contributed by atoms with Gasteiger partial charge in [0.2, 0.25) is 0 Å². The molecule has 0 aromatic heterocycles. The maximum atomic E-state index is 5.59. The molecular weight excluding hydrogens is 186 g/mol. The van der Waals surface area contributed by atoms with Crippen LogP contribution in [0.2, 0.25) is 0 Å². The van der Waals surface area contributed by atoms with Gasteiger partial charge in [-0.25, -0.2) is 0 Å². The molecule has 0 bridgehead atoms. The quantitative estimate of drug-likeness (QED) is 0.691. The second-order valence-electron chi connectivity index (χ2n) is 5.83. The highest BCUT2D eigenvalue weighted by Gasteiger charge is 2.56. The van der Waals surface area contributed by atoms with E-state index in [1.54, 1.807) is 0 Å². The van der Waals surface area contributed by atoms with E-state index in [0.29, 0.717) is 6.10 Å². The summed E-state index contributed by atoms with van der Waals surface area (Å²) in [6, 6.07) is 0. The smallest absolute Gasteiger partial charge is 0.0596 e. The molecule has 88 valence electrons. The lowest BCUT2D eigenvalue weighted by atomic mass is 10.0. The molecule has 0 aromatic rings. The molecule has 2 aliphatic rings. The van der Waals surface area contributed by atoms with E-state index in [1.807, 2.05) is 0 Å². The lowest BCUT2D eigenvalue weighted by Gasteiger charge is -2.20. The van der Waals surface area contributed by atoms with E-state index in [0.717, 1.165) is 36.8 Å². The predicted molar refractivity (Wildman–Crippen MR) is 62.8 cm³/mol.